The molecule has 78 valence electrons. The molecule has 0 aromatic rings. The van der Waals surface area contributed by atoms with Gasteiger partial charge in [0, 0.05) is 12.6 Å². The van der Waals surface area contributed by atoms with Crippen LogP contribution in [0.4, 0.5) is 0 Å². The number of amides is 2. The van der Waals surface area contributed by atoms with Crippen molar-refractivity contribution in [2.24, 2.45) is 5.73 Å². The Bertz CT molecular complexity index is 267. The van der Waals surface area contributed by atoms with Crippen LogP contribution in [-0.2, 0) is 9.59 Å². The van der Waals surface area contributed by atoms with Crippen LogP contribution in [0.5, 0.6) is 0 Å². The smallest absolute Gasteiger partial charge is 0.244 e. The number of imide groups is 1. The molecule has 2 atom stereocenters. The summed E-state index contributed by atoms with van der Waals surface area (Å²) in [6, 6.07) is -0.124. The van der Waals surface area contributed by atoms with E-state index in [2.05, 4.69) is 5.32 Å². The molecule has 2 saturated heterocycles. The zero-order valence-corrected chi connectivity index (χ0v) is 8.03. The van der Waals surface area contributed by atoms with Crippen molar-refractivity contribution in [1.82, 2.24) is 10.2 Å². The third-order valence-corrected chi connectivity index (χ3v) is 2.87. The SMILES string of the molecule is N[C@@H]1CCCN(C2CC(=O)NC2=O)C1. The number of nitrogens with one attached hydrogen (secondary N) is 1. The second-order valence-electron chi connectivity index (χ2n) is 4.03. The molecule has 0 radical (unpaired) electrons. The summed E-state index contributed by atoms with van der Waals surface area (Å²) in [4.78, 5) is 24.4. The second kappa shape index (κ2) is 3.67. The number of carbonyl (C=O) groups excluding carboxylic acids is 2. The van der Waals surface area contributed by atoms with Gasteiger partial charge in [0.1, 0.15) is 0 Å². The molecular formula is C9H15N3O2. The van der Waals surface area contributed by atoms with Crippen molar-refractivity contribution in [3.63, 3.8) is 0 Å². The van der Waals surface area contributed by atoms with Crippen LogP contribution in [0.3, 0.4) is 0 Å². The molecule has 0 aromatic carbocycles. The van der Waals surface area contributed by atoms with E-state index < -0.39 is 0 Å². The van der Waals surface area contributed by atoms with Crippen LogP contribution >= 0.6 is 0 Å². The quantitative estimate of drug-likeness (QED) is 0.519. The summed E-state index contributed by atoms with van der Waals surface area (Å²) in [6.45, 7) is 1.60. The van der Waals surface area contributed by atoms with Gasteiger partial charge in [0.05, 0.1) is 12.5 Å². The Labute approximate surface area is 82.6 Å². The van der Waals surface area contributed by atoms with Crippen LogP contribution in [-0.4, -0.2) is 41.9 Å². The van der Waals surface area contributed by atoms with Gasteiger partial charge in [0.15, 0.2) is 0 Å². The summed E-state index contributed by atoms with van der Waals surface area (Å²) >= 11 is 0. The Morgan fingerprint density at radius 2 is 2.21 bits per heavy atom. The first kappa shape index (κ1) is 9.61. The Morgan fingerprint density at radius 3 is 2.79 bits per heavy atom. The Morgan fingerprint density at radius 1 is 1.43 bits per heavy atom. The molecule has 0 saturated carbocycles. The third kappa shape index (κ3) is 1.78. The van der Waals surface area contributed by atoms with Gasteiger partial charge in [0.2, 0.25) is 11.8 Å². The topological polar surface area (TPSA) is 75.4 Å². The molecule has 2 aliphatic rings. The summed E-state index contributed by atoms with van der Waals surface area (Å²) in [5, 5.41) is 2.32. The van der Waals surface area contributed by atoms with Crippen LogP contribution < -0.4 is 11.1 Å². The zero-order chi connectivity index (χ0) is 10.1. The van der Waals surface area contributed by atoms with Gasteiger partial charge in [-0.25, -0.2) is 0 Å². The molecule has 2 fully saturated rings. The van der Waals surface area contributed by atoms with Crippen molar-refractivity contribution in [3.8, 4) is 0 Å². The number of piperidine rings is 1. The summed E-state index contributed by atoms with van der Waals surface area (Å²) in [5.41, 5.74) is 5.81. The van der Waals surface area contributed by atoms with Crippen molar-refractivity contribution < 1.29 is 9.59 Å². The van der Waals surface area contributed by atoms with E-state index in [1.54, 1.807) is 0 Å². The molecule has 5 nitrogen and oxygen atoms in total. The van der Waals surface area contributed by atoms with E-state index in [0.29, 0.717) is 6.42 Å². The molecule has 14 heavy (non-hydrogen) atoms. The molecule has 0 bridgehead atoms. The van der Waals surface area contributed by atoms with E-state index in [1.165, 1.54) is 0 Å². The minimum atomic E-state index is -0.270. The number of nitrogens with zero attached hydrogens (tertiary/aromatic N) is 1. The van der Waals surface area contributed by atoms with E-state index in [0.717, 1.165) is 25.9 Å². The van der Waals surface area contributed by atoms with E-state index in [-0.39, 0.29) is 23.9 Å². The van der Waals surface area contributed by atoms with E-state index in [1.807, 2.05) is 4.90 Å². The maximum atomic E-state index is 11.4. The Hall–Kier alpha value is -0.940. The molecule has 2 rings (SSSR count). The van der Waals surface area contributed by atoms with Gasteiger partial charge >= 0.3 is 0 Å². The van der Waals surface area contributed by atoms with E-state index >= 15 is 0 Å². The lowest BCUT2D eigenvalue weighted by atomic mass is 10.0. The predicted octanol–water partition coefficient (Wildman–Crippen LogP) is -1.18. The fraction of sp³-hybridized carbons (Fsp3) is 0.778. The monoisotopic (exact) mass is 197 g/mol. The van der Waals surface area contributed by atoms with Gasteiger partial charge < -0.3 is 5.73 Å². The number of hydrogen-bond donors (Lipinski definition) is 2. The summed E-state index contributed by atoms with van der Waals surface area (Å²) < 4.78 is 0. The minimum absolute atomic E-state index is 0.146. The van der Waals surface area contributed by atoms with Crippen LogP contribution in [0, 0.1) is 0 Å². The van der Waals surface area contributed by atoms with Gasteiger partial charge in [-0.2, -0.15) is 0 Å². The van der Waals surface area contributed by atoms with Crippen LogP contribution in [0.15, 0.2) is 0 Å². The van der Waals surface area contributed by atoms with Crippen molar-refractivity contribution >= 4 is 11.8 Å². The molecule has 2 heterocycles. The number of nitrogens with two attached hydrogens (primary N) is 1. The summed E-state index contributed by atoms with van der Waals surface area (Å²) in [6.07, 6.45) is 2.32. The normalized spacial score (nSPS) is 34.6. The Kier molecular flexibility index (Phi) is 2.52. The average Bonchev–Trinajstić information content (AvgIpc) is 2.45. The minimum Gasteiger partial charge on any atom is -0.327 e. The molecule has 0 aromatic heterocycles. The molecule has 3 N–H and O–H groups in total. The summed E-state index contributed by atoms with van der Waals surface area (Å²) in [5.74, 6) is -0.330. The van der Waals surface area contributed by atoms with Gasteiger partial charge in [-0.1, -0.05) is 0 Å². The standard InChI is InChI=1S/C9H15N3O2/c10-6-2-1-3-12(5-6)7-4-8(13)11-9(7)14/h6-7H,1-5,10H2,(H,11,13,14)/t6-,7?/m1/s1. The van der Waals surface area contributed by atoms with Crippen LogP contribution in [0.25, 0.3) is 0 Å². The summed E-state index contributed by atoms with van der Waals surface area (Å²) in [7, 11) is 0. The maximum absolute atomic E-state index is 11.4. The lowest BCUT2D eigenvalue weighted by Gasteiger charge is -2.33. The first-order valence-corrected chi connectivity index (χ1v) is 5.00. The largest absolute Gasteiger partial charge is 0.327 e. The molecule has 0 aliphatic carbocycles. The third-order valence-electron chi connectivity index (χ3n) is 2.87. The van der Waals surface area contributed by atoms with Crippen LogP contribution in [0.1, 0.15) is 19.3 Å². The number of carbonyl (C=O) groups is 2. The average molecular weight is 197 g/mol. The zero-order valence-electron chi connectivity index (χ0n) is 8.03. The molecular weight excluding hydrogens is 182 g/mol. The molecule has 5 heteroatoms. The first-order chi connectivity index (χ1) is 6.66. The van der Waals surface area contributed by atoms with Crippen molar-refractivity contribution in [2.75, 3.05) is 13.1 Å². The number of hydrogen-bond acceptors (Lipinski definition) is 4. The van der Waals surface area contributed by atoms with Crippen molar-refractivity contribution in [2.45, 2.75) is 31.3 Å². The number of rotatable bonds is 1. The van der Waals surface area contributed by atoms with Crippen LogP contribution in [0.2, 0.25) is 0 Å². The van der Waals surface area contributed by atoms with Gasteiger partial charge in [-0.05, 0) is 19.4 Å². The highest BCUT2D eigenvalue weighted by Gasteiger charge is 2.36. The molecule has 2 amide bonds. The van der Waals surface area contributed by atoms with Gasteiger partial charge in [0.25, 0.3) is 0 Å². The number of likely N-dealkylation sites (tertiary alicyclic amines) is 1. The Balaban J connectivity index is 2.00. The fourth-order valence-corrected chi connectivity index (χ4v) is 2.16. The maximum Gasteiger partial charge on any atom is 0.244 e. The molecule has 0 spiro atoms. The predicted molar refractivity (Wildman–Crippen MR) is 50.3 cm³/mol. The van der Waals surface area contributed by atoms with E-state index in [9.17, 15) is 9.59 Å². The fourth-order valence-electron chi connectivity index (χ4n) is 2.16. The lowest BCUT2D eigenvalue weighted by Crippen LogP contribution is -2.50. The second-order valence-corrected chi connectivity index (χ2v) is 4.03. The first-order valence-electron chi connectivity index (χ1n) is 5.00. The van der Waals surface area contributed by atoms with E-state index in [4.69, 9.17) is 5.73 Å². The highest BCUT2D eigenvalue weighted by molar-refractivity contribution is 6.05. The molecule has 2 aliphatic heterocycles. The highest BCUT2D eigenvalue weighted by Crippen LogP contribution is 2.16. The molecule has 1 unspecified atom stereocenters. The van der Waals surface area contributed by atoms with Gasteiger partial charge in [-0.15, -0.1) is 0 Å². The van der Waals surface area contributed by atoms with Crippen molar-refractivity contribution in [1.29, 1.82) is 0 Å². The van der Waals surface area contributed by atoms with Crippen molar-refractivity contribution in [3.05, 3.63) is 0 Å². The lowest BCUT2D eigenvalue weighted by molar-refractivity contribution is -0.126. The van der Waals surface area contributed by atoms with Gasteiger partial charge in [-0.3, -0.25) is 19.8 Å². The highest BCUT2D eigenvalue weighted by atomic mass is 16.2.